The van der Waals surface area contributed by atoms with Crippen LogP contribution in [0, 0.1) is 6.92 Å². The molecule has 5 nitrogen and oxygen atoms in total. The molecule has 0 aliphatic carbocycles. The predicted molar refractivity (Wildman–Crippen MR) is 62.2 cm³/mol. The summed E-state index contributed by atoms with van der Waals surface area (Å²) in [5.41, 5.74) is 1.27. The number of hydrogen-bond acceptors (Lipinski definition) is 5. The quantitative estimate of drug-likeness (QED) is 0.607. The highest BCUT2D eigenvalue weighted by Crippen LogP contribution is 2.24. The number of aliphatic hydroxyl groups excluding tert-OH is 1. The van der Waals surface area contributed by atoms with Crippen LogP contribution in [0.3, 0.4) is 0 Å². The van der Waals surface area contributed by atoms with Crippen molar-refractivity contribution < 1.29 is 19.7 Å². The molecule has 0 aromatic carbocycles. The van der Waals surface area contributed by atoms with Gasteiger partial charge in [0.15, 0.2) is 0 Å². The molecule has 0 saturated carbocycles. The zero-order chi connectivity index (χ0) is 12.8. The van der Waals surface area contributed by atoms with E-state index in [4.69, 9.17) is 9.84 Å². The van der Waals surface area contributed by atoms with Gasteiger partial charge in [0.25, 0.3) is 0 Å². The van der Waals surface area contributed by atoms with Crippen LogP contribution in [0.1, 0.15) is 23.7 Å². The fourth-order valence-corrected chi connectivity index (χ4v) is 1.32. The Morgan fingerprint density at radius 2 is 2.29 bits per heavy atom. The summed E-state index contributed by atoms with van der Waals surface area (Å²) in [5.74, 6) is -0.532. The molecule has 0 unspecified atom stereocenters. The van der Waals surface area contributed by atoms with Gasteiger partial charge in [-0.15, -0.1) is 0 Å². The Labute approximate surface area is 99.4 Å². The summed E-state index contributed by atoms with van der Waals surface area (Å²) >= 11 is 0. The van der Waals surface area contributed by atoms with E-state index in [0.29, 0.717) is 23.4 Å². The number of esters is 1. The number of ether oxygens (including phenoxy) is 1. The fourth-order valence-electron chi connectivity index (χ4n) is 1.32. The molecular formula is C12H15NO4. The summed E-state index contributed by atoms with van der Waals surface area (Å²) < 4.78 is 4.72. The standard InChI is InChI=1S/C12H15NO4/c1-3-17-11(15)5-4-9-6-13-8(2)12(16)10(9)7-14/h4-6,14,16H,3,7H2,1-2H3/b5-4+. The summed E-state index contributed by atoms with van der Waals surface area (Å²) in [4.78, 5) is 15.1. The van der Waals surface area contributed by atoms with Crippen LogP contribution in [-0.2, 0) is 16.1 Å². The summed E-state index contributed by atoms with van der Waals surface area (Å²) in [6.45, 7) is 3.32. The van der Waals surface area contributed by atoms with E-state index >= 15 is 0 Å². The van der Waals surface area contributed by atoms with Gasteiger partial charge in [-0.3, -0.25) is 4.98 Å². The van der Waals surface area contributed by atoms with Crippen molar-refractivity contribution in [1.29, 1.82) is 0 Å². The van der Waals surface area contributed by atoms with Crippen molar-refractivity contribution in [3.8, 4) is 5.75 Å². The van der Waals surface area contributed by atoms with E-state index in [-0.39, 0.29) is 12.4 Å². The van der Waals surface area contributed by atoms with Crippen LogP contribution in [-0.4, -0.2) is 27.8 Å². The molecule has 0 fully saturated rings. The maximum Gasteiger partial charge on any atom is 0.330 e. The van der Waals surface area contributed by atoms with Gasteiger partial charge in [-0.05, 0) is 19.9 Å². The van der Waals surface area contributed by atoms with Gasteiger partial charge in [0.05, 0.1) is 18.9 Å². The third-order valence-electron chi connectivity index (χ3n) is 2.22. The van der Waals surface area contributed by atoms with Gasteiger partial charge >= 0.3 is 5.97 Å². The monoisotopic (exact) mass is 237 g/mol. The summed E-state index contributed by atoms with van der Waals surface area (Å²) in [7, 11) is 0. The minimum Gasteiger partial charge on any atom is -0.506 e. The normalized spacial score (nSPS) is 10.8. The Balaban J connectivity index is 2.99. The minimum atomic E-state index is -0.476. The maximum atomic E-state index is 11.1. The number of rotatable bonds is 4. The molecule has 0 radical (unpaired) electrons. The Morgan fingerprint density at radius 1 is 1.59 bits per heavy atom. The van der Waals surface area contributed by atoms with Gasteiger partial charge in [-0.2, -0.15) is 0 Å². The number of pyridine rings is 1. The first kappa shape index (κ1) is 13.2. The number of nitrogens with zero attached hydrogens (tertiary/aromatic N) is 1. The Kier molecular flexibility index (Phi) is 4.66. The van der Waals surface area contributed by atoms with Crippen LogP contribution in [0.25, 0.3) is 6.08 Å². The van der Waals surface area contributed by atoms with E-state index in [1.165, 1.54) is 18.3 Å². The molecular weight excluding hydrogens is 222 g/mol. The highest BCUT2D eigenvalue weighted by molar-refractivity contribution is 5.87. The van der Waals surface area contributed by atoms with Crippen molar-refractivity contribution in [1.82, 2.24) is 4.98 Å². The second-order valence-corrected chi connectivity index (χ2v) is 3.37. The van der Waals surface area contributed by atoms with E-state index in [2.05, 4.69) is 4.98 Å². The lowest BCUT2D eigenvalue weighted by atomic mass is 10.1. The fraction of sp³-hybridized carbons (Fsp3) is 0.333. The van der Waals surface area contributed by atoms with Gasteiger partial charge in [-0.1, -0.05) is 0 Å². The highest BCUT2D eigenvalue weighted by atomic mass is 16.5. The first-order valence-electron chi connectivity index (χ1n) is 5.23. The second kappa shape index (κ2) is 6.00. The van der Waals surface area contributed by atoms with Crippen molar-refractivity contribution in [3.05, 3.63) is 29.1 Å². The second-order valence-electron chi connectivity index (χ2n) is 3.37. The zero-order valence-electron chi connectivity index (χ0n) is 9.80. The largest absolute Gasteiger partial charge is 0.506 e. The first-order valence-corrected chi connectivity index (χ1v) is 5.23. The molecule has 1 aromatic rings. The van der Waals surface area contributed by atoms with Crippen molar-refractivity contribution in [2.75, 3.05) is 6.61 Å². The van der Waals surface area contributed by atoms with Crippen LogP contribution >= 0.6 is 0 Å². The molecule has 0 atom stereocenters. The third kappa shape index (κ3) is 3.29. The van der Waals surface area contributed by atoms with Crippen molar-refractivity contribution in [3.63, 3.8) is 0 Å². The van der Waals surface area contributed by atoms with E-state index in [0.717, 1.165) is 0 Å². The topological polar surface area (TPSA) is 79.7 Å². The van der Waals surface area contributed by atoms with Gasteiger partial charge in [0, 0.05) is 23.4 Å². The summed E-state index contributed by atoms with van der Waals surface area (Å²) in [6.07, 6.45) is 4.17. The van der Waals surface area contributed by atoms with Crippen LogP contribution in [0.4, 0.5) is 0 Å². The highest BCUT2D eigenvalue weighted by Gasteiger charge is 2.09. The molecule has 0 saturated heterocycles. The molecule has 1 aromatic heterocycles. The van der Waals surface area contributed by atoms with E-state index in [9.17, 15) is 9.90 Å². The van der Waals surface area contributed by atoms with E-state index < -0.39 is 5.97 Å². The Bertz CT molecular complexity index is 440. The average Bonchev–Trinajstić information content (AvgIpc) is 2.31. The SMILES string of the molecule is CCOC(=O)/C=C/c1cnc(C)c(O)c1CO. The van der Waals surface area contributed by atoms with E-state index in [1.807, 2.05) is 0 Å². The average molecular weight is 237 g/mol. The molecule has 0 bridgehead atoms. The Morgan fingerprint density at radius 3 is 2.88 bits per heavy atom. The number of aromatic nitrogens is 1. The zero-order valence-corrected chi connectivity index (χ0v) is 9.80. The van der Waals surface area contributed by atoms with Crippen LogP contribution in [0.2, 0.25) is 0 Å². The minimum absolute atomic E-state index is 0.0569. The third-order valence-corrected chi connectivity index (χ3v) is 2.22. The maximum absolute atomic E-state index is 11.1. The van der Waals surface area contributed by atoms with Gasteiger partial charge in [0.1, 0.15) is 5.75 Å². The van der Waals surface area contributed by atoms with Crippen LogP contribution in [0.15, 0.2) is 12.3 Å². The lowest BCUT2D eigenvalue weighted by Crippen LogP contribution is -2.00. The summed E-state index contributed by atoms with van der Waals surface area (Å²) in [6, 6.07) is 0. The molecule has 1 rings (SSSR count). The molecule has 0 spiro atoms. The number of aromatic hydroxyl groups is 1. The molecule has 0 aliphatic rings. The molecule has 2 N–H and O–H groups in total. The number of carbonyl (C=O) groups excluding carboxylic acids is 1. The number of aryl methyl sites for hydroxylation is 1. The first-order chi connectivity index (χ1) is 8.10. The molecule has 17 heavy (non-hydrogen) atoms. The van der Waals surface area contributed by atoms with Gasteiger partial charge in [-0.25, -0.2) is 4.79 Å². The molecule has 92 valence electrons. The van der Waals surface area contributed by atoms with Crippen molar-refractivity contribution in [2.45, 2.75) is 20.5 Å². The molecule has 0 aliphatic heterocycles. The number of carbonyl (C=O) groups is 1. The van der Waals surface area contributed by atoms with Gasteiger partial charge < -0.3 is 14.9 Å². The van der Waals surface area contributed by atoms with Crippen molar-refractivity contribution >= 4 is 12.0 Å². The molecule has 1 heterocycles. The smallest absolute Gasteiger partial charge is 0.330 e. The lowest BCUT2D eigenvalue weighted by Gasteiger charge is -2.07. The van der Waals surface area contributed by atoms with Gasteiger partial charge in [0.2, 0.25) is 0 Å². The van der Waals surface area contributed by atoms with Crippen LogP contribution < -0.4 is 0 Å². The molecule has 5 heteroatoms. The van der Waals surface area contributed by atoms with Crippen molar-refractivity contribution in [2.24, 2.45) is 0 Å². The van der Waals surface area contributed by atoms with E-state index in [1.54, 1.807) is 13.8 Å². The van der Waals surface area contributed by atoms with Crippen LogP contribution in [0.5, 0.6) is 5.75 Å². The Hall–Kier alpha value is -1.88. The molecule has 0 amide bonds. The lowest BCUT2D eigenvalue weighted by molar-refractivity contribution is -0.137. The predicted octanol–water partition coefficient (Wildman–Crippen LogP) is 1.16. The summed E-state index contributed by atoms with van der Waals surface area (Å²) in [5, 5.41) is 18.8. The number of aliphatic hydroxyl groups is 1. The number of hydrogen-bond donors (Lipinski definition) is 2.